The molecule has 4 aliphatic heterocycles. The van der Waals surface area contributed by atoms with Crippen LogP contribution in [0.25, 0.3) is 32.9 Å². The minimum Gasteiger partial charge on any atom is -0.508 e. The van der Waals surface area contributed by atoms with Crippen LogP contribution < -0.4 is 20.3 Å². The van der Waals surface area contributed by atoms with Gasteiger partial charge in [0.15, 0.2) is 5.82 Å². The number of alkyl halides is 1. The molecule has 8 rings (SSSR count). The molecule has 1 amide bonds. The Bertz CT molecular complexity index is 2110. The maximum Gasteiger partial charge on any atom is 0.319 e. The highest BCUT2D eigenvalue weighted by Crippen LogP contribution is 2.43. The van der Waals surface area contributed by atoms with Gasteiger partial charge >= 0.3 is 6.01 Å². The van der Waals surface area contributed by atoms with Crippen molar-refractivity contribution in [3.8, 4) is 35.4 Å². The zero-order valence-electron chi connectivity index (χ0n) is 29.2. The van der Waals surface area contributed by atoms with Crippen molar-refractivity contribution in [2.45, 2.75) is 55.9 Å². The van der Waals surface area contributed by atoms with Gasteiger partial charge in [-0.15, -0.1) is 6.42 Å². The lowest BCUT2D eigenvalue weighted by atomic mass is 9.95. The molecular weight excluding hydrogens is 673 g/mol. The predicted octanol–water partition coefficient (Wildman–Crippen LogP) is 4.00. The van der Waals surface area contributed by atoms with Gasteiger partial charge in [0.25, 0.3) is 5.91 Å². The number of halogens is 3. The van der Waals surface area contributed by atoms with E-state index < -0.39 is 29.3 Å². The first-order valence-electron chi connectivity index (χ1n) is 17.8. The number of hydrogen-bond acceptors (Lipinski definition) is 10. The first-order valence-corrected chi connectivity index (χ1v) is 17.8. The average molecular weight is 715 g/mol. The number of carbonyl (C=O) groups is 1. The molecule has 4 fully saturated rings. The molecule has 2 bridgehead atoms. The smallest absolute Gasteiger partial charge is 0.319 e. The van der Waals surface area contributed by atoms with Gasteiger partial charge in [0.05, 0.1) is 16.5 Å². The number of phenolic OH excluding ortho intramolecular Hbond substituents is 1. The van der Waals surface area contributed by atoms with E-state index in [-0.39, 0.29) is 75.8 Å². The molecule has 11 nitrogen and oxygen atoms in total. The minimum atomic E-state index is -0.970. The van der Waals surface area contributed by atoms with Gasteiger partial charge in [0, 0.05) is 62.2 Å². The standard InChI is InChI=1S/C38H41F3N8O3/c1-4-26-28(40)9-6-21-14-25(50)15-27(29(21)26)32-31(41)33-30(34(44-32)36(51)42-11-13-47(2)3)35(48-18-23-7-8-24(19-48)43-23)46-37(45-33)52-20-38-10-5-12-49(38)17-22(39)16-38/h1,6,9,14-15,22-24,43,50H,5,7-8,10-13,16-20H2,2-3H3,(H,42,51)/t22-,23?,24?,38+/m1/s1. The molecule has 0 spiro atoms. The topological polar surface area (TPSA) is 119 Å². The SMILES string of the molecule is C#Cc1c(F)ccc2cc(O)cc(-c3nc(C(=O)NCCN(C)C)c4c(N5CC6CCC(C5)N6)nc(OC[C@@]56CCCN5C[C@H](F)C6)nc4c3F)c12. The first-order chi connectivity index (χ1) is 25.0. The number of phenols is 1. The molecule has 3 N–H and O–H groups in total. The van der Waals surface area contributed by atoms with Crippen molar-refractivity contribution in [2.24, 2.45) is 0 Å². The molecule has 0 aliphatic carbocycles. The molecular formula is C38H41F3N8O3. The highest BCUT2D eigenvalue weighted by molar-refractivity contribution is 6.11. The summed E-state index contributed by atoms with van der Waals surface area (Å²) < 4.78 is 53.5. The largest absolute Gasteiger partial charge is 0.508 e. The summed E-state index contributed by atoms with van der Waals surface area (Å²) in [6, 6.07) is 5.50. The molecule has 272 valence electrons. The van der Waals surface area contributed by atoms with Crippen molar-refractivity contribution in [1.82, 2.24) is 35.4 Å². The van der Waals surface area contributed by atoms with Crippen molar-refractivity contribution >= 4 is 33.4 Å². The lowest BCUT2D eigenvalue weighted by molar-refractivity contribution is 0.0947. The van der Waals surface area contributed by atoms with Gasteiger partial charge in [-0.05, 0) is 69.9 Å². The van der Waals surface area contributed by atoms with Crippen LogP contribution in [0.1, 0.15) is 48.2 Å². The van der Waals surface area contributed by atoms with Crippen molar-refractivity contribution in [2.75, 3.05) is 64.9 Å². The number of amides is 1. The Hall–Kier alpha value is -4.71. The van der Waals surface area contributed by atoms with E-state index in [1.807, 2.05) is 23.9 Å². The third-order valence-electron chi connectivity index (χ3n) is 11.0. The Balaban J connectivity index is 1.35. The van der Waals surface area contributed by atoms with Gasteiger partial charge in [-0.25, -0.2) is 18.2 Å². The summed E-state index contributed by atoms with van der Waals surface area (Å²) in [6.45, 7) is 3.13. The van der Waals surface area contributed by atoms with Crippen LogP contribution in [0.3, 0.4) is 0 Å². The van der Waals surface area contributed by atoms with Crippen LogP contribution in [0.15, 0.2) is 24.3 Å². The normalized spacial score (nSPS) is 24.2. The number of terminal acetylenes is 1. The van der Waals surface area contributed by atoms with Crippen LogP contribution >= 0.6 is 0 Å². The van der Waals surface area contributed by atoms with Crippen LogP contribution in [0.2, 0.25) is 0 Å². The lowest BCUT2D eigenvalue weighted by Gasteiger charge is -2.35. The number of piperazine rings is 1. The van der Waals surface area contributed by atoms with Crippen LogP contribution in [0.5, 0.6) is 11.8 Å². The van der Waals surface area contributed by atoms with Gasteiger partial charge in [0.1, 0.15) is 47.1 Å². The van der Waals surface area contributed by atoms with Crippen LogP contribution in [-0.2, 0) is 0 Å². The lowest BCUT2D eigenvalue weighted by Crippen LogP contribution is -2.51. The number of rotatable bonds is 9. The van der Waals surface area contributed by atoms with E-state index >= 15 is 8.78 Å². The third kappa shape index (κ3) is 6.04. The second-order valence-electron chi connectivity index (χ2n) is 14.8. The molecule has 2 unspecified atom stereocenters. The second kappa shape index (κ2) is 13.4. The van der Waals surface area contributed by atoms with Gasteiger partial charge in [-0.2, -0.15) is 9.97 Å². The Morgan fingerprint density at radius 2 is 1.94 bits per heavy atom. The van der Waals surface area contributed by atoms with Gasteiger partial charge < -0.3 is 30.3 Å². The number of aromatic nitrogens is 3. The first kappa shape index (κ1) is 34.4. The van der Waals surface area contributed by atoms with Gasteiger partial charge in [0.2, 0.25) is 0 Å². The fraction of sp³-hybridized carbons (Fsp3) is 0.474. The number of anilines is 1. The summed E-state index contributed by atoms with van der Waals surface area (Å²) in [5.41, 5.74) is -1.36. The number of pyridine rings is 1. The van der Waals surface area contributed by atoms with Crippen LogP contribution in [0.4, 0.5) is 19.0 Å². The van der Waals surface area contributed by atoms with Crippen molar-refractivity contribution in [1.29, 1.82) is 0 Å². The van der Waals surface area contributed by atoms with Gasteiger partial charge in [-0.3, -0.25) is 9.69 Å². The molecule has 6 heterocycles. The number of nitrogens with one attached hydrogen (secondary N) is 2. The summed E-state index contributed by atoms with van der Waals surface area (Å²) in [7, 11) is 3.75. The number of fused-ring (bicyclic) bond motifs is 5. The number of carbonyl (C=O) groups excluding carboxylic acids is 1. The summed E-state index contributed by atoms with van der Waals surface area (Å²) in [4.78, 5) is 34.3. The minimum absolute atomic E-state index is 0.00697. The molecule has 2 aromatic carbocycles. The van der Waals surface area contributed by atoms with E-state index in [0.717, 1.165) is 32.2 Å². The Kier molecular flexibility index (Phi) is 8.84. The van der Waals surface area contributed by atoms with Crippen molar-refractivity contribution in [3.05, 3.63) is 47.2 Å². The third-order valence-corrected chi connectivity index (χ3v) is 11.0. The van der Waals surface area contributed by atoms with E-state index in [1.54, 1.807) is 0 Å². The summed E-state index contributed by atoms with van der Waals surface area (Å²) in [5.74, 6) is 0.220. The summed E-state index contributed by atoms with van der Waals surface area (Å²) in [5, 5.41) is 17.9. The fourth-order valence-corrected chi connectivity index (χ4v) is 8.62. The molecule has 0 saturated carbocycles. The summed E-state index contributed by atoms with van der Waals surface area (Å²) >= 11 is 0. The number of ether oxygens (including phenoxy) is 1. The monoisotopic (exact) mass is 714 g/mol. The predicted molar refractivity (Wildman–Crippen MR) is 191 cm³/mol. The maximum absolute atomic E-state index is 17.4. The fourth-order valence-electron chi connectivity index (χ4n) is 8.62. The quantitative estimate of drug-likeness (QED) is 0.220. The second-order valence-corrected chi connectivity index (χ2v) is 14.8. The van der Waals surface area contributed by atoms with Crippen LogP contribution in [-0.4, -0.2) is 120 Å². The van der Waals surface area contributed by atoms with E-state index in [2.05, 4.69) is 31.4 Å². The molecule has 4 atom stereocenters. The molecule has 4 aliphatic rings. The van der Waals surface area contributed by atoms with E-state index in [9.17, 15) is 14.3 Å². The molecule has 0 radical (unpaired) electrons. The zero-order chi connectivity index (χ0) is 36.3. The Labute approximate surface area is 299 Å². The number of hydrogen-bond donors (Lipinski definition) is 3. The molecule has 14 heteroatoms. The molecule has 2 aromatic heterocycles. The summed E-state index contributed by atoms with van der Waals surface area (Å²) in [6.07, 6.45) is 8.71. The highest BCUT2D eigenvalue weighted by atomic mass is 19.1. The Morgan fingerprint density at radius 1 is 1.15 bits per heavy atom. The van der Waals surface area contributed by atoms with Crippen molar-refractivity contribution < 1.29 is 27.8 Å². The van der Waals surface area contributed by atoms with Gasteiger partial charge in [-0.1, -0.05) is 12.0 Å². The number of aromatic hydroxyl groups is 1. The number of nitrogens with zero attached hydrogens (tertiary/aromatic N) is 6. The number of benzene rings is 2. The molecule has 4 saturated heterocycles. The molecule has 52 heavy (non-hydrogen) atoms. The van der Waals surface area contributed by atoms with Crippen LogP contribution in [0, 0.1) is 24.0 Å². The number of likely N-dealkylation sites (N-methyl/N-ethyl adjacent to an activating group) is 1. The average Bonchev–Trinajstić information content (AvgIpc) is 3.76. The molecule has 4 aromatic rings. The van der Waals surface area contributed by atoms with E-state index in [4.69, 9.17) is 16.1 Å². The van der Waals surface area contributed by atoms with E-state index in [1.165, 1.54) is 24.3 Å². The zero-order valence-corrected chi connectivity index (χ0v) is 29.2. The highest BCUT2D eigenvalue weighted by Gasteiger charge is 2.49. The van der Waals surface area contributed by atoms with E-state index in [0.29, 0.717) is 43.8 Å². The van der Waals surface area contributed by atoms with Crippen molar-refractivity contribution in [3.63, 3.8) is 0 Å². The maximum atomic E-state index is 17.4. The Morgan fingerprint density at radius 3 is 2.69 bits per heavy atom.